The Morgan fingerprint density at radius 3 is 2.62 bits per heavy atom. The van der Waals surface area contributed by atoms with Gasteiger partial charge < -0.3 is 16.0 Å². The van der Waals surface area contributed by atoms with Crippen LogP contribution in [0.5, 0.6) is 0 Å². The van der Waals surface area contributed by atoms with E-state index in [0.29, 0.717) is 12.3 Å². The second-order valence-electron chi connectivity index (χ2n) is 10.9. The third-order valence-electron chi connectivity index (χ3n) is 6.38. The highest BCUT2D eigenvalue weighted by Gasteiger charge is 2.38. The Labute approximate surface area is 193 Å². The lowest BCUT2D eigenvalue weighted by molar-refractivity contribution is -0.122. The smallest absolute Gasteiger partial charge is 0.226 e. The van der Waals surface area contributed by atoms with Crippen molar-refractivity contribution in [1.82, 2.24) is 15.3 Å². The first-order valence-corrected chi connectivity index (χ1v) is 11.7. The molecule has 1 aliphatic carbocycles. The van der Waals surface area contributed by atoms with E-state index in [9.17, 15) is 4.79 Å². The van der Waals surface area contributed by atoms with Crippen LogP contribution >= 0.6 is 0 Å². The predicted molar refractivity (Wildman–Crippen MR) is 132 cm³/mol. The molecule has 0 spiro atoms. The van der Waals surface area contributed by atoms with Gasteiger partial charge in [0.25, 0.3) is 0 Å². The summed E-state index contributed by atoms with van der Waals surface area (Å²) in [4.78, 5) is 22.0. The van der Waals surface area contributed by atoms with E-state index in [1.54, 1.807) is 6.20 Å². The molecule has 0 bridgehead atoms. The van der Waals surface area contributed by atoms with Crippen molar-refractivity contribution in [2.75, 3.05) is 24.2 Å². The molecule has 1 amide bonds. The lowest BCUT2D eigenvalue weighted by Crippen LogP contribution is -2.48. The zero-order valence-corrected chi connectivity index (χ0v) is 20.5. The zero-order chi connectivity index (χ0) is 23.4. The van der Waals surface area contributed by atoms with Crippen LogP contribution in [0.25, 0.3) is 0 Å². The number of pyridine rings is 2. The average molecular weight is 438 g/mol. The van der Waals surface area contributed by atoms with Gasteiger partial charge >= 0.3 is 0 Å². The van der Waals surface area contributed by atoms with Crippen LogP contribution in [0.4, 0.5) is 11.5 Å². The van der Waals surface area contributed by atoms with Crippen molar-refractivity contribution in [3.63, 3.8) is 0 Å². The van der Waals surface area contributed by atoms with Crippen molar-refractivity contribution >= 4 is 17.4 Å². The quantitative estimate of drug-likeness (QED) is 0.568. The molecule has 0 aromatic carbocycles. The molecule has 6 nitrogen and oxygen atoms in total. The van der Waals surface area contributed by atoms with Crippen LogP contribution in [0, 0.1) is 10.8 Å². The van der Waals surface area contributed by atoms with Gasteiger partial charge in [0.1, 0.15) is 5.82 Å². The monoisotopic (exact) mass is 437 g/mol. The van der Waals surface area contributed by atoms with E-state index in [1.165, 1.54) is 0 Å². The summed E-state index contributed by atoms with van der Waals surface area (Å²) in [5, 5.41) is 10.1. The Hall–Kier alpha value is -2.63. The van der Waals surface area contributed by atoms with Crippen LogP contribution in [-0.4, -0.2) is 35.5 Å². The maximum Gasteiger partial charge on any atom is 0.226 e. The molecule has 2 unspecified atom stereocenters. The number of rotatable bonds is 7. The average Bonchev–Trinajstić information content (AvgIpc) is 2.73. The molecule has 174 valence electrons. The molecule has 2 heterocycles. The van der Waals surface area contributed by atoms with Crippen molar-refractivity contribution in [1.29, 1.82) is 0 Å². The molecule has 3 rings (SSSR count). The van der Waals surface area contributed by atoms with Crippen LogP contribution in [-0.2, 0) is 11.2 Å². The predicted octanol–water partition coefficient (Wildman–Crippen LogP) is 5.00. The van der Waals surface area contributed by atoms with E-state index in [4.69, 9.17) is 4.98 Å². The molecule has 2 aromatic heterocycles. The number of anilines is 2. The van der Waals surface area contributed by atoms with Crippen LogP contribution in [0.1, 0.15) is 71.2 Å². The highest BCUT2D eigenvalue weighted by atomic mass is 16.1. The topological polar surface area (TPSA) is 78.9 Å². The molecule has 2 atom stereocenters. The number of carbonyl (C=O) groups excluding carboxylic acids is 1. The summed E-state index contributed by atoms with van der Waals surface area (Å²) in [5.74, 6) is 1.24. The second kappa shape index (κ2) is 9.88. The van der Waals surface area contributed by atoms with Crippen molar-refractivity contribution in [2.24, 2.45) is 10.8 Å². The molecule has 1 saturated carbocycles. The minimum absolute atomic E-state index is 0.0352. The van der Waals surface area contributed by atoms with Gasteiger partial charge in [-0.1, -0.05) is 40.7 Å². The molecule has 32 heavy (non-hydrogen) atoms. The Morgan fingerprint density at radius 2 is 1.97 bits per heavy atom. The van der Waals surface area contributed by atoms with Crippen molar-refractivity contribution in [3.8, 4) is 0 Å². The molecule has 1 aliphatic rings. The summed E-state index contributed by atoms with van der Waals surface area (Å²) in [5.41, 5.74) is 3.17. The van der Waals surface area contributed by atoms with Crippen molar-refractivity contribution < 1.29 is 4.79 Å². The van der Waals surface area contributed by atoms with Crippen molar-refractivity contribution in [2.45, 2.75) is 72.3 Å². The largest absolute Gasteiger partial charge is 0.382 e. The van der Waals surface area contributed by atoms with E-state index in [2.05, 4.69) is 67.7 Å². The van der Waals surface area contributed by atoms with Gasteiger partial charge in [0.15, 0.2) is 0 Å². The third-order valence-corrected chi connectivity index (χ3v) is 6.38. The molecule has 3 N–H and O–H groups in total. The number of nitrogens with zero attached hydrogens (tertiary/aromatic N) is 2. The van der Waals surface area contributed by atoms with Gasteiger partial charge in [-0.05, 0) is 54.4 Å². The first-order chi connectivity index (χ1) is 15.1. The van der Waals surface area contributed by atoms with Gasteiger partial charge in [0.2, 0.25) is 5.91 Å². The van der Waals surface area contributed by atoms with E-state index >= 15 is 0 Å². The normalized spacial score (nSPS) is 20.4. The standard InChI is InChI=1S/C26H39N5O/c1-25(2,3)17-29-21-11-10-20(30-24(21)27-6)18-12-13-26(4,5)22(15-18)31-23(32)16-19-9-7-8-14-28-19/h7-11,14,18,22,29H,12-13,15-17H2,1-6H3,(H,27,30)(H,31,32). The molecule has 2 aromatic rings. The fourth-order valence-corrected chi connectivity index (χ4v) is 4.27. The first kappa shape index (κ1) is 24.0. The Balaban J connectivity index is 1.70. The summed E-state index contributed by atoms with van der Waals surface area (Å²) in [6.45, 7) is 12.0. The number of hydrogen-bond donors (Lipinski definition) is 3. The zero-order valence-electron chi connectivity index (χ0n) is 20.5. The lowest BCUT2D eigenvalue weighted by atomic mass is 9.68. The minimum Gasteiger partial charge on any atom is -0.382 e. The van der Waals surface area contributed by atoms with E-state index in [0.717, 1.165) is 48.7 Å². The van der Waals surface area contributed by atoms with Crippen molar-refractivity contribution in [3.05, 3.63) is 47.9 Å². The Morgan fingerprint density at radius 1 is 1.19 bits per heavy atom. The fourth-order valence-electron chi connectivity index (χ4n) is 4.27. The molecular formula is C26H39N5O. The molecule has 1 fully saturated rings. The van der Waals surface area contributed by atoms with Gasteiger partial charge in [-0.15, -0.1) is 0 Å². The van der Waals surface area contributed by atoms with E-state index in [-0.39, 0.29) is 22.8 Å². The van der Waals surface area contributed by atoms with Gasteiger partial charge in [-0.2, -0.15) is 0 Å². The molecule has 0 saturated heterocycles. The summed E-state index contributed by atoms with van der Waals surface area (Å²) in [6, 6.07) is 10.1. The lowest BCUT2D eigenvalue weighted by Gasteiger charge is -2.42. The number of carbonyl (C=O) groups is 1. The van der Waals surface area contributed by atoms with Gasteiger partial charge in [0, 0.05) is 43.1 Å². The van der Waals surface area contributed by atoms with Crippen LogP contribution < -0.4 is 16.0 Å². The number of amides is 1. The van der Waals surface area contributed by atoms with E-state index in [1.807, 2.05) is 25.2 Å². The summed E-state index contributed by atoms with van der Waals surface area (Å²) in [6.07, 6.45) is 5.06. The molecular weight excluding hydrogens is 398 g/mol. The second-order valence-corrected chi connectivity index (χ2v) is 10.9. The fraction of sp³-hybridized carbons (Fsp3) is 0.577. The minimum atomic E-state index is 0.0352. The number of nitrogens with one attached hydrogen (secondary N) is 3. The van der Waals surface area contributed by atoms with Gasteiger partial charge in [-0.25, -0.2) is 4.98 Å². The first-order valence-electron chi connectivity index (χ1n) is 11.7. The van der Waals surface area contributed by atoms with Gasteiger partial charge in [-0.3, -0.25) is 9.78 Å². The molecule has 0 aliphatic heterocycles. The summed E-state index contributed by atoms with van der Waals surface area (Å²) >= 11 is 0. The summed E-state index contributed by atoms with van der Waals surface area (Å²) in [7, 11) is 1.92. The number of aromatic nitrogens is 2. The van der Waals surface area contributed by atoms with E-state index < -0.39 is 0 Å². The van der Waals surface area contributed by atoms with Crippen LogP contribution in [0.15, 0.2) is 36.5 Å². The third kappa shape index (κ3) is 6.44. The maximum atomic E-state index is 12.7. The Bertz CT molecular complexity index is 904. The maximum absolute atomic E-state index is 12.7. The van der Waals surface area contributed by atoms with Crippen LogP contribution in [0.3, 0.4) is 0 Å². The molecule has 6 heteroatoms. The van der Waals surface area contributed by atoms with Gasteiger partial charge in [0.05, 0.1) is 12.1 Å². The highest BCUT2D eigenvalue weighted by molar-refractivity contribution is 5.78. The summed E-state index contributed by atoms with van der Waals surface area (Å²) < 4.78 is 0. The Kier molecular flexibility index (Phi) is 7.42. The SMILES string of the molecule is CNc1nc(C2CCC(C)(C)C(NC(=O)Cc3ccccn3)C2)ccc1NCC(C)(C)C. The number of hydrogen-bond acceptors (Lipinski definition) is 5. The van der Waals surface area contributed by atoms with Crippen LogP contribution in [0.2, 0.25) is 0 Å². The highest BCUT2D eigenvalue weighted by Crippen LogP contribution is 2.43. The molecule has 0 radical (unpaired) electrons.